The van der Waals surface area contributed by atoms with Crippen LogP contribution in [-0.4, -0.2) is 152 Å². The maximum absolute atomic E-state index is 13.0. The molecule has 0 unspecified atom stereocenters. The number of nitrogens with zero attached hydrogens (tertiary/aromatic N) is 6. The van der Waals surface area contributed by atoms with Gasteiger partial charge in [-0.15, -0.1) is 0 Å². The van der Waals surface area contributed by atoms with Crippen LogP contribution in [-0.2, 0) is 65.3 Å². The van der Waals surface area contributed by atoms with E-state index in [9.17, 15) is 46.8 Å². The Morgan fingerprint density at radius 3 is 1.73 bits per heavy atom. The fourth-order valence-corrected chi connectivity index (χ4v) is 6.39. The van der Waals surface area contributed by atoms with Crippen LogP contribution in [0.5, 0.6) is 0 Å². The number of imide groups is 2. The predicted molar refractivity (Wildman–Crippen MR) is 293 cm³/mol. The van der Waals surface area contributed by atoms with Gasteiger partial charge in [0, 0.05) is 55.7 Å². The first kappa shape index (κ1) is 43.4. The number of benzene rings is 2. The molecule has 15 atom stereocenters. The molecule has 3 aliphatic heterocycles. The number of rotatable bonds is 22. The Kier molecular flexibility index (Phi) is 22.1. The van der Waals surface area contributed by atoms with Gasteiger partial charge < -0.3 is 32.0 Å². The summed E-state index contributed by atoms with van der Waals surface area (Å²) in [7, 11) is 0.953. The molecule has 3 saturated heterocycles. The van der Waals surface area contributed by atoms with Crippen LogP contribution in [0.15, 0.2) is 70.7 Å². The summed E-state index contributed by atoms with van der Waals surface area (Å²) in [5, 5.41) is 31.0. The van der Waals surface area contributed by atoms with Crippen LogP contribution in [0.25, 0.3) is 10.4 Å². The molecule has 1 radical (unpaired) electrons. The van der Waals surface area contributed by atoms with E-state index in [0.29, 0.717) is 12.8 Å². The molecule has 441 valence electrons. The summed E-state index contributed by atoms with van der Waals surface area (Å²) in [6, 6.07) is 13.8. The van der Waals surface area contributed by atoms with Gasteiger partial charge in [0.15, 0.2) is 0 Å². The van der Waals surface area contributed by atoms with Gasteiger partial charge in [-0.2, -0.15) is 8.42 Å². The van der Waals surface area contributed by atoms with E-state index < -0.39 is 219 Å². The van der Waals surface area contributed by atoms with Crippen LogP contribution in [0.4, 0.5) is 14.4 Å². The van der Waals surface area contributed by atoms with Gasteiger partial charge in [0.25, 0.3) is 10.1 Å². The molecule has 0 spiro atoms. The smallest absolute Gasteiger partial charge is 1.00 e. The number of carboxylic acids is 3. The van der Waals surface area contributed by atoms with E-state index in [4.69, 9.17) is 75.2 Å². The Morgan fingerprint density at radius 1 is 0.800 bits per heavy atom. The standard InChI is InChI=1S/C16H20N4O3.C16H21NO3.C6H11NO4.C6H12O2.C5H12O3S.C3H4BN2O2.Li.H/c1-3-11(2)14(18-19-17)15(21)20-13(10-23-16(20)22)9-12-7-5-4-6-8-12;1-3-12(2)9-15(18)17-14(11-20-16(17)19)10-13-7-5-4-6-8-13;1-3(2-4(8)9)5(7)6(10)11;1-3-5(2)4-6(7)8;1-4-5(2)8-9(3,6)7;4-6-2-1-8-3(7)5-2;;/h4-8,11,13-14H,3,9-10H2,1-2H3;4-8,12,14H,3,9-11H2,1-2H3;3,5H,2,7H2,1H3,(H,8,9)(H,10,11);5H,3-4H2,1-2H3,(H,7,8);5H,4H2,1-3H3;2H,1H2,(H,5,7);;/q;;;;;;+1;-1/t11-,13+,14-;12-,14+;3-,5-;2*5-;2-;;/m000011../s1/i2*1D2,2D2,3D;1D2,2D;1D2,2D2,3D;1D2,2D2,4D;;;/t3-,11+,13-,14+;3-,12+,14-;2-,3-,5-;3-,5+;4-,5-;;;/m11011.... The Morgan fingerprint density at radius 2 is 1.32 bits per heavy atom. The summed E-state index contributed by atoms with van der Waals surface area (Å²) in [5.74, 6) is -11.2. The van der Waals surface area contributed by atoms with Gasteiger partial charge in [0.05, 0.1) is 24.4 Å². The number of alkyl carbamates (subject to hydrolysis) is 1. The summed E-state index contributed by atoms with van der Waals surface area (Å²) in [6.07, 6.45) is -11.3. The molecule has 80 heavy (non-hydrogen) atoms. The van der Waals surface area contributed by atoms with E-state index >= 15 is 0 Å². The van der Waals surface area contributed by atoms with E-state index in [1.54, 1.807) is 12.1 Å². The van der Waals surface area contributed by atoms with Crippen molar-refractivity contribution in [1.82, 2.24) is 15.1 Å². The summed E-state index contributed by atoms with van der Waals surface area (Å²) >= 11 is 0. The number of nitrogens with two attached hydrogens (primary N) is 1. The average molecular weight is 1160 g/mol. The van der Waals surface area contributed by atoms with E-state index in [1.165, 1.54) is 0 Å². The third-order valence-electron chi connectivity index (χ3n) is 9.73. The van der Waals surface area contributed by atoms with E-state index in [1.807, 2.05) is 48.5 Å². The quantitative estimate of drug-likeness (QED) is 0.0268. The van der Waals surface area contributed by atoms with Gasteiger partial charge in [-0.3, -0.25) is 28.2 Å². The third-order valence-corrected chi connectivity index (χ3v) is 10.3. The molecule has 2 aromatic carbocycles. The van der Waals surface area contributed by atoms with Crippen molar-refractivity contribution in [3.63, 3.8) is 0 Å². The number of carbonyl (C=O) groups excluding carboxylic acids is 5. The van der Waals surface area contributed by atoms with Crippen molar-refractivity contribution in [2.45, 2.75) is 156 Å². The summed E-state index contributed by atoms with van der Waals surface area (Å²) in [6.45, 7) is -14.6. The van der Waals surface area contributed by atoms with Crippen molar-refractivity contribution >= 4 is 65.8 Å². The number of carbonyl (C=O) groups is 8. The molecule has 5 rings (SSSR count). The minimum Gasteiger partial charge on any atom is -1.00 e. The number of amides is 5. The van der Waals surface area contributed by atoms with Gasteiger partial charge in [-0.1, -0.05) is 140 Å². The molecule has 0 saturated carbocycles. The Labute approximate surface area is 516 Å². The fourth-order valence-electron chi connectivity index (χ4n) is 5.92. The molecule has 6 N–H and O–H groups in total. The van der Waals surface area contributed by atoms with Crippen LogP contribution in [0, 0.1) is 23.7 Å². The van der Waals surface area contributed by atoms with Gasteiger partial charge >= 0.3 is 95.2 Å². The molecule has 2 aromatic rings. The second-order valence-corrected chi connectivity index (χ2v) is 17.7. The number of nitrogens with one attached hydrogen (secondary N) is 1. The van der Waals surface area contributed by atoms with Gasteiger partial charge in [0.2, 0.25) is 11.8 Å². The van der Waals surface area contributed by atoms with Gasteiger partial charge in [-0.05, 0) is 66.4 Å². The first-order valence-electron chi connectivity index (χ1n) is 36.0. The molecule has 5 amide bonds. The molecule has 3 heterocycles. The van der Waals surface area contributed by atoms with Crippen LogP contribution >= 0.6 is 0 Å². The number of ether oxygens (including phenoxy) is 3. The second-order valence-electron chi connectivity index (χ2n) is 16.1. The van der Waals surface area contributed by atoms with Crippen LogP contribution in [0.3, 0.4) is 0 Å². The van der Waals surface area contributed by atoms with Crippen LogP contribution in [0.1, 0.15) is 151 Å². The molecular weight excluding hydrogens is 1060 g/mol. The maximum atomic E-state index is 13.0. The number of aliphatic carboxylic acids is 3. The molecule has 28 heteroatoms. The largest absolute Gasteiger partial charge is 1.00 e. The van der Waals surface area contributed by atoms with Crippen LogP contribution in [0.2, 0.25) is 0 Å². The third kappa shape index (κ3) is 31.4. The monoisotopic (exact) mass is 1160 g/mol. The molecule has 0 aromatic heterocycles. The summed E-state index contributed by atoms with van der Waals surface area (Å²) < 4.78 is 206. The number of azide groups is 1. The molecule has 0 bridgehead atoms. The van der Waals surface area contributed by atoms with Crippen molar-refractivity contribution in [1.29, 1.82) is 0 Å². The molecule has 0 aliphatic carbocycles. The fraction of sp³-hybridized carbons (Fsp3) is 0.615. The molecule has 25 nitrogen and oxygen atoms in total. The van der Waals surface area contributed by atoms with Crippen molar-refractivity contribution in [3.8, 4) is 0 Å². The number of hydrogen-bond donors (Lipinski definition) is 5. The van der Waals surface area contributed by atoms with E-state index in [2.05, 4.69) is 29.2 Å². The SMILES string of the molecule is [2H]C([2H])[C@@H]([2H])[C@@H](CC(=O)N1C(=O)OC[C@H]1Cc1ccccc1)C([2H])[2H].[2H]C([2H])[C@@H]([2H])[C@@H](CC(=O)O)C([2H])[2H].[2H]C([2H])[C@@H]([2H])[C@H](OS(C)(=O)=O)C([2H])[2H].[2H]C([2H])[C@@H]([C@H]([2H])C(=O)O)[C@H](N)C(=O)O.[2H]C([2H])[C@H]([C@H](N=[N+]=[N-])C(=O)N1C(=O)OC[C@H]1Cc1ccccc1)[C@H]([2H])C([2H])[2H].[B]=N[C@@H]1COC(=O)N1.[H-].[Li+]. The predicted octanol–water partition coefficient (Wildman–Crippen LogP) is 4.61. The van der Waals surface area contributed by atoms with Crippen molar-refractivity contribution in [2.24, 2.45) is 39.4 Å². The molecule has 3 fully saturated rings. The van der Waals surface area contributed by atoms with Crippen molar-refractivity contribution < 1.29 is 132 Å². The Bertz CT molecular complexity index is 3120. The van der Waals surface area contributed by atoms with E-state index in [-0.39, 0.29) is 46.3 Å². The Hall–Kier alpha value is -6.36. The van der Waals surface area contributed by atoms with Crippen LogP contribution < -0.4 is 29.9 Å². The topological polar surface area (TPSA) is 374 Å². The van der Waals surface area contributed by atoms with Gasteiger partial charge in [0.1, 0.15) is 25.3 Å². The Balaban J connectivity index is -0.00000123. The summed E-state index contributed by atoms with van der Waals surface area (Å²) in [5.41, 5.74) is 15.7. The average Bonchev–Trinajstić information content (AvgIpc) is 1.58. The van der Waals surface area contributed by atoms with Crippen molar-refractivity contribution in [3.05, 3.63) is 82.2 Å². The first-order valence-corrected chi connectivity index (χ1v) is 24.5. The number of hydrogen-bond acceptors (Lipinski definition) is 17. The normalized spacial score (nSPS) is 24.9. The first-order chi connectivity index (χ1) is 47.2. The number of cyclic esters (lactones) is 3. The van der Waals surface area contributed by atoms with E-state index in [0.717, 1.165) is 27.2 Å². The zero-order valence-corrected chi connectivity index (χ0v) is 44.2. The minimum atomic E-state index is -3.87. The molecular formula is C52H81BLiN8O17S. The maximum Gasteiger partial charge on any atom is 1.00 e. The minimum absolute atomic E-state index is 0. The zero-order valence-electron chi connectivity index (χ0n) is 67.4. The zero-order chi connectivity index (χ0) is 79.0. The van der Waals surface area contributed by atoms with Gasteiger partial charge in [-0.25, -0.2) is 19.4 Å². The molecule has 3 aliphatic rings. The number of carboxylic acid groups (broad SMARTS) is 3. The summed E-state index contributed by atoms with van der Waals surface area (Å²) in [4.78, 5) is 98.5. The van der Waals surface area contributed by atoms with Crippen molar-refractivity contribution in [2.75, 3.05) is 26.1 Å². The second kappa shape index (κ2) is 40.8.